The van der Waals surface area contributed by atoms with Crippen LogP contribution in [0.2, 0.25) is 0 Å². The Bertz CT molecular complexity index is 1410. The Balaban J connectivity index is 1.78. The van der Waals surface area contributed by atoms with E-state index in [0.717, 1.165) is 12.3 Å². The van der Waals surface area contributed by atoms with Gasteiger partial charge in [0.05, 0.1) is 22.9 Å². The third kappa shape index (κ3) is 6.55. The summed E-state index contributed by atoms with van der Waals surface area (Å²) in [6.45, 7) is 6.83. The lowest BCUT2D eigenvalue weighted by Gasteiger charge is -2.40. The maximum atomic E-state index is 16.4. The van der Waals surface area contributed by atoms with Crippen molar-refractivity contribution in [2.45, 2.75) is 45.8 Å². The Hall–Kier alpha value is -3.87. The van der Waals surface area contributed by atoms with Crippen molar-refractivity contribution in [2.75, 3.05) is 50.0 Å². The van der Waals surface area contributed by atoms with Gasteiger partial charge in [-0.3, -0.25) is 9.59 Å². The number of carbonyl (C=O) groups excluding carboxylic acids is 2. The first kappa shape index (κ1) is 30.1. The number of ether oxygens (including phenoxy) is 1. The highest BCUT2D eigenvalue weighted by atomic mass is 19.3. The van der Waals surface area contributed by atoms with Crippen LogP contribution in [0.1, 0.15) is 55.1 Å². The summed E-state index contributed by atoms with van der Waals surface area (Å²) in [7, 11) is 1.92. The van der Waals surface area contributed by atoms with Crippen molar-refractivity contribution >= 4 is 28.9 Å². The van der Waals surface area contributed by atoms with Gasteiger partial charge in [-0.25, -0.2) is 22.4 Å². The van der Waals surface area contributed by atoms with Crippen molar-refractivity contribution in [1.29, 1.82) is 0 Å². The normalized spacial score (nSPS) is 18.1. The highest BCUT2D eigenvalue weighted by Crippen LogP contribution is 2.38. The van der Waals surface area contributed by atoms with E-state index in [9.17, 15) is 23.2 Å². The van der Waals surface area contributed by atoms with Gasteiger partial charge in [0.15, 0.2) is 5.82 Å². The van der Waals surface area contributed by atoms with E-state index >= 15 is 8.78 Å². The van der Waals surface area contributed by atoms with E-state index in [2.05, 4.69) is 15.2 Å². The number of aromatic amines is 1. The molecule has 2 N–H and O–H groups in total. The number of halogens is 4. The Morgan fingerprint density at radius 2 is 1.88 bits per heavy atom. The van der Waals surface area contributed by atoms with Crippen LogP contribution < -0.4 is 15.8 Å². The Kier molecular flexibility index (Phi) is 9.05. The number of hydrogen-bond acceptors (Lipinski definition) is 6. The number of carbonyl (C=O) groups is 2. The average molecular weight is 580 g/mol. The Labute approximate surface area is 234 Å². The van der Waals surface area contributed by atoms with E-state index in [1.54, 1.807) is 24.8 Å². The van der Waals surface area contributed by atoms with Gasteiger partial charge in [-0.2, -0.15) is 0 Å². The molecule has 1 aromatic heterocycles. The van der Waals surface area contributed by atoms with Crippen LogP contribution in [0, 0.1) is 11.6 Å². The first-order chi connectivity index (χ1) is 19.4. The van der Waals surface area contributed by atoms with Crippen molar-refractivity contribution in [1.82, 2.24) is 14.8 Å². The third-order valence-corrected chi connectivity index (χ3v) is 7.24. The molecule has 0 unspecified atom stereocenters. The first-order valence-electron chi connectivity index (χ1n) is 13.3. The van der Waals surface area contributed by atoms with Gasteiger partial charge >= 0.3 is 6.09 Å². The second kappa shape index (κ2) is 12.3. The molecule has 0 bridgehead atoms. The molecule has 13 heteroatoms. The zero-order chi connectivity index (χ0) is 30.0. The van der Waals surface area contributed by atoms with Crippen LogP contribution in [-0.2, 0) is 4.74 Å². The summed E-state index contributed by atoms with van der Waals surface area (Å²) in [5, 5.41) is 2.38. The summed E-state index contributed by atoms with van der Waals surface area (Å²) in [6.07, 6.45) is -1.39. The maximum Gasteiger partial charge on any atom is 0.410 e. The first-order valence-corrected chi connectivity index (χ1v) is 13.3. The number of likely N-dealkylation sites (N-methyl/N-ethyl adjacent to an activating group) is 1. The fourth-order valence-corrected chi connectivity index (χ4v) is 4.94. The van der Waals surface area contributed by atoms with Gasteiger partial charge in [0.2, 0.25) is 5.56 Å². The molecular formula is C28H33F4N5O4. The molecule has 1 aromatic carbocycles. The predicted octanol–water partition coefficient (Wildman–Crippen LogP) is 4.62. The van der Waals surface area contributed by atoms with E-state index in [4.69, 9.17) is 4.74 Å². The third-order valence-electron chi connectivity index (χ3n) is 7.24. The second-order valence-corrected chi connectivity index (χ2v) is 10.5. The molecule has 41 heavy (non-hydrogen) atoms. The molecule has 0 spiro atoms. The molecule has 0 aliphatic carbocycles. The molecular weight excluding hydrogens is 546 g/mol. The number of H-pyrrole nitrogens is 1. The fourth-order valence-electron chi connectivity index (χ4n) is 4.94. The van der Waals surface area contributed by atoms with E-state index in [0.29, 0.717) is 38.7 Å². The van der Waals surface area contributed by atoms with Crippen LogP contribution in [0.5, 0.6) is 0 Å². The van der Waals surface area contributed by atoms with Gasteiger partial charge < -0.3 is 29.7 Å². The van der Waals surface area contributed by atoms with Crippen molar-refractivity contribution in [2.24, 2.45) is 0 Å². The molecule has 2 aromatic rings. The number of hydrogen-bond donors (Lipinski definition) is 2. The van der Waals surface area contributed by atoms with Crippen molar-refractivity contribution < 1.29 is 31.9 Å². The molecule has 1 atom stereocenters. The van der Waals surface area contributed by atoms with E-state index in [-0.39, 0.29) is 30.0 Å². The lowest BCUT2D eigenvalue weighted by molar-refractivity contribution is 0.0802. The van der Waals surface area contributed by atoms with Crippen LogP contribution in [0.15, 0.2) is 29.2 Å². The molecule has 222 valence electrons. The highest BCUT2D eigenvalue weighted by Gasteiger charge is 2.31. The smallest absolute Gasteiger partial charge is 0.410 e. The molecule has 0 radical (unpaired) electrons. The Morgan fingerprint density at radius 1 is 1.15 bits per heavy atom. The van der Waals surface area contributed by atoms with E-state index < -0.39 is 58.0 Å². The zero-order valence-electron chi connectivity index (χ0n) is 23.3. The van der Waals surface area contributed by atoms with Crippen LogP contribution >= 0.6 is 0 Å². The van der Waals surface area contributed by atoms with Crippen molar-refractivity contribution in [3.05, 3.63) is 63.1 Å². The summed E-state index contributed by atoms with van der Waals surface area (Å²) >= 11 is 0. The molecule has 2 aliphatic rings. The van der Waals surface area contributed by atoms with Gasteiger partial charge in [-0.05, 0) is 39.8 Å². The lowest BCUT2D eigenvalue weighted by Crippen LogP contribution is -2.50. The minimum absolute atomic E-state index is 0.0179. The van der Waals surface area contributed by atoms with Gasteiger partial charge in [-0.1, -0.05) is 6.08 Å². The summed E-state index contributed by atoms with van der Waals surface area (Å²) in [5.74, 6) is -3.10. The fraction of sp³-hybridized carbons (Fsp3) is 0.464. The summed E-state index contributed by atoms with van der Waals surface area (Å²) < 4.78 is 64.6. The SMILES string of the molecule is CC(C)OC(=O)N1CCC=C(c2c(F)cc(N3CCN(C)[C@@H](C)C3)c(NC(=O)c3c[nH]c(=O)cc3C(F)F)c2F)C1. The van der Waals surface area contributed by atoms with E-state index in [1.807, 2.05) is 14.0 Å². The standard InChI is InChI=1S/C28H33F4N5O4/c1-15(2)41-28(40)37-7-5-6-17(14-37)23-20(29)11-21(36-9-8-35(4)16(3)13-36)25(24(23)30)34-27(39)19-12-33-22(38)10-18(19)26(31)32/h6,10-12,15-16,26H,5,7-9,13-14H2,1-4H3,(H,33,38)(H,34,39)/t16-/m0/s1. The van der Waals surface area contributed by atoms with Gasteiger partial charge in [0, 0.05) is 62.7 Å². The minimum atomic E-state index is -3.14. The Morgan fingerprint density at radius 3 is 2.54 bits per heavy atom. The minimum Gasteiger partial charge on any atom is -0.447 e. The highest BCUT2D eigenvalue weighted by molar-refractivity contribution is 6.07. The largest absolute Gasteiger partial charge is 0.447 e. The molecule has 9 nitrogen and oxygen atoms in total. The number of rotatable bonds is 6. The lowest BCUT2D eigenvalue weighted by atomic mass is 9.97. The van der Waals surface area contributed by atoms with Crippen LogP contribution in [0.25, 0.3) is 5.57 Å². The monoisotopic (exact) mass is 579 g/mol. The number of alkyl halides is 2. The number of aromatic nitrogens is 1. The van der Waals surface area contributed by atoms with Gasteiger partial charge in [0.1, 0.15) is 11.5 Å². The number of amides is 2. The maximum absolute atomic E-state index is 16.4. The van der Waals surface area contributed by atoms with Crippen molar-refractivity contribution in [3.63, 3.8) is 0 Å². The molecule has 3 heterocycles. The number of pyridine rings is 1. The van der Waals surface area contributed by atoms with Crippen LogP contribution in [-0.4, -0.2) is 78.7 Å². The summed E-state index contributed by atoms with van der Waals surface area (Å²) in [5.41, 5.74) is -2.81. The molecule has 2 amide bonds. The molecule has 4 rings (SSSR count). The number of piperazine rings is 1. The topological polar surface area (TPSA) is 98.0 Å². The molecule has 1 fully saturated rings. The van der Waals surface area contributed by atoms with Crippen molar-refractivity contribution in [3.8, 4) is 0 Å². The van der Waals surface area contributed by atoms with Gasteiger partial charge in [-0.15, -0.1) is 0 Å². The summed E-state index contributed by atoms with van der Waals surface area (Å²) in [4.78, 5) is 44.6. The van der Waals surface area contributed by atoms with Gasteiger partial charge in [0.25, 0.3) is 12.3 Å². The number of nitrogens with one attached hydrogen (secondary N) is 2. The second-order valence-electron chi connectivity index (χ2n) is 10.5. The average Bonchev–Trinajstić information content (AvgIpc) is 2.91. The van der Waals surface area contributed by atoms with Crippen LogP contribution in [0.3, 0.4) is 0 Å². The van der Waals surface area contributed by atoms with Crippen LogP contribution in [0.4, 0.5) is 33.7 Å². The number of benzene rings is 1. The molecule has 0 saturated carbocycles. The molecule has 2 aliphatic heterocycles. The number of anilines is 2. The summed E-state index contributed by atoms with van der Waals surface area (Å²) in [6, 6.07) is 1.73. The molecule has 1 saturated heterocycles. The van der Waals surface area contributed by atoms with E-state index in [1.165, 1.54) is 4.90 Å². The predicted molar refractivity (Wildman–Crippen MR) is 146 cm³/mol. The quantitative estimate of drug-likeness (QED) is 0.485. The number of nitrogens with zero attached hydrogens (tertiary/aromatic N) is 3. The zero-order valence-corrected chi connectivity index (χ0v) is 23.3.